The molecule has 0 amide bonds. The van der Waals surface area contributed by atoms with E-state index in [1.54, 1.807) is 0 Å². The lowest BCUT2D eigenvalue weighted by atomic mass is 10.1. The van der Waals surface area contributed by atoms with Gasteiger partial charge in [-0.05, 0) is 30.7 Å². The third-order valence-corrected chi connectivity index (χ3v) is 2.43. The average Bonchev–Trinajstić information content (AvgIpc) is 2.16. The highest BCUT2D eigenvalue weighted by Gasteiger charge is 2.10. The average molecular weight is 258 g/mol. The van der Waals surface area contributed by atoms with E-state index < -0.39 is 0 Å². The first kappa shape index (κ1) is 20.2. The quantitative estimate of drug-likeness (QED) is 0.713. The minimum atomic E-state index is 0.789. The van der Waals surface area contributed by atoms with Crippen molar-refractivity contribution >= 4 is 0 Å². The molecule has 0 radical (unpaired) electrons. The number of nitrogens with two attached hydrogens (primary N) is 1. The summed E-state index contributed by atoms with van der Waals surface area (Å²) in [5.74, 6) is 2.37. The number of hydrogen-bond donors (Lipinski definition) is 1. The normalized spacial score (nSPS) is 11.3. The van der Waals surface area contributed by atoms with Gasteiger partial charge in [0.25, 0.3) is 0 Å². The van der Waals surface area contributed by atoms with Crippen molar-refractivity contribution in [3.63, 3.8) is 0 Å². The van der Waals surface area contributed by atoms with Crippen LogP contribution in [0.5, 0.6) is 0 Å². The van der Waals surface area contributed by atoms with Crippen molar-refractivity contribution in [3.05, 3.63) is 0 Å². The lowest BCUT2D eigenvalue weighted by Crippen LogP contribution is -2.34. The molecule has 0 bridgehead atoms. The Hall–Kier alpha value is -0.0800. The van der Waals surface area contributed by atoms with E-state index in [0.717, 1.165) is 24.3 Å². The van der Waals surface area contributed by atoms with Gasteiger partial charge in [-0.3, -0.25) is 0 Å². The summed E-state index contributed by atoms with van der Waals surface area (Å²) in [6.45, 7) is 20.5. The Morgan fingerprint density at radius 1 is 0.778 bits per heavy atom. The maximum absolute atomic E-state index is 5.14. The molecule has 0 atom stereocenters. The van der Waals surface area contributed by atoms with Gasteiger partial charge in [-0.15, -0.1) is 0 Å². The van der Waals surface area contributed by atoms with Crippen LogP contribution in [0.25, 0.3) is 0 Å². The fraction of sp³-hybridized carbons (Fsp3) is 1.00. The van der Waals surface area contributed by atoms with E-state index in [4.69, 9.17) is 5.73 Å². The van der Waals surface area contributed by atoms with Crippen LogP contribution in [-0.4, -0.2) is 31.1 Å². The van der Waals surface area contributed by atoms with Gasteiger partial charge in [0, 0.05) is 19.6 Å². The minimum absolute atomic E-state index is 0.789. The van der Waals surface area contributed by atoms with Gasteiger partial charge in [-0.2, -0.15) is 0 Å². The van der Waals surface area contributed by atoms with Gasteiger partial charge in [0.15, 0.2) is 0 Å². The number of unbranched alkanes of at least 4 members (excludes halogenated alkanes) is 1. The fourth-order valence-corrected chi connectivity index (χ4v) is 1.98. The van der Waals surface area contributed by atoms with Gasteiger partial charge >= 0.3 is 0 Å². The highest BCUT2D eigenvalue weighted by Crippen LogP contribution is 2.06. The van der Waals surface area contributed by atoms with Gasteiger partial charge in [0.2, 0.25) is 0 Å². The highest BCUT2D eigenvalue weighted by molar-refractivity contribution is 4.64. The Labute approximate surface area is 116 Å². The second-order valence-electron chi connectivity index (χ2n) is 6.54. The van der Waals surface area contributed by atoms with Crippen molar-refractivity contribution in [3.8, 4) is 0 Å². The van der Waals surface area contributed by atoms with E-state index in [0.29, 0.717) is 0 Å². The highest BCUT2D eigenvalue weighted by atomic mass is 15.1. The molecular weight excluding hydrogens is 220 g/mol. The maximum atomic E-state index is 5.14. The smallest absolute Gasteiger partial charge is 0.000461 e. The molecule has 0 aliphatic heterocycles. The first-order valence-corrected chi connectivity index (χ1v) is 7.75. The van der Waals surface area contributed by atoms with E-state index in [1.165, 1.54) is 32.5 Å². The molecule has 0 aromatic carbocycles. The van der Waals surface area contributed by atoms with Gasteiger partial charge < -0.3 is 10.6 Å². The molecule has 0 aromatic heterocycles. The van der Waals surface area contributed by atoms with Crippen LogP contribution in [0.3, 0.4) is 0 Å². The van der Waals surface area contributed by atoms with E-state index in [2.05, 4.69) is 53.4 Å². The molecule has 0 aliphatic carbocycles. The summed E-state index contributed by atoms with van der Waals surface area (Å²) in [6.07, 6.45) is 2.39. The number of nitrogens with zero attached hydrogens (tertiary/aromatic N) is 1. The molecule has 18 heavy (non-hydrogen) atoms. The van der Waals surface area contributed by atoms with Crippen LogP contribution in [0.15, 0.2) is 0 Å². The third kappa shape index (κ3) is 18.3. The molecule has 2 N–H and O–H groups in total. The summed E-state index contributed by atoms with van der Waals surface area (Å²) in [5.41, 5.74) is 5.14. The number of rotatable bonds is 8. The van der Waals surface area contributed by atoms with Crippen LogP contribution in [-0.2, 0) is 0 Å². The zero-order valence-corrected chi connectivity index (χ0v) is 14.0. The molecule has 0 rings (SSSR count). The molecule has 2 nitrogen and oxygen atoms in total. The Morgan fingerprint density at radius 2 is 1.11 bits per heavy atom. The standard InChI is InChI=1S/C12H27N.C4H11N/c1-10(2)7-13(8-11(3)4)9-12(5)6;1-2-3-4-5/h10-12H,7-9H2,1-6H3;2-5H2,1H3. The van der Waals surface area contributed by atoms with Crippen LogP contribution < -0.4 is 5.73 Å². The molecule has 0 aliphatic rings. The van der Waals surface area contributed by atoms with E-state index in [1.807, 2.05) is 0 Å². The van der Waals surface area contributed by atoms with Gasteiger partial charge in [-0.1, -0.05) is 54.9 Å². The lowest BCUT2D eigenvalue weighted by molar-refractivity contribution is 0.198. The maximum Gasteiger partial charge on any atom is 0.000461 e. The van der Waals surface area contributed by atoms with Crippen molar-refractivity contribution < 1.29 is 0 Å². The van der Waals surface area contributed by atoms with Crippen molar-refractivity contribution in [2.24, 2.45) is 23.5 Å². The minimum Gasteiger partial charge on any atom is -0.330 e. The molecule has 0 saturated heterocycles. The molecule has 0 spiro atoms. The van der Waals surface area contributed by atoms with Crippen LogP contribution in [0.2, 0.25) is 0 Å². The molecular formula is C16H38N2. The fourth-order valence-electron chi connectivity index (χ4n) is 1.98. The van der Waals surface area contributed by atoms with Crippen LogP contribution >= 0.6 is 0 Å². The van der Waals surface area contributed by atoms with Crippen LogP contribution in [0.1, 0.15) is 61.3 Å². The third-order valence-electron chi connectivity index (χ3n) is 2.43. The van der Waals surface area contributed by atoms with Crippen LogP contribution in [0, 0.1) is 17.8 Å². The monoisotopic (exact) mass is 258 g/mol. The second-order valence-corrected chi connectivity index (χ2v) is 6.54. The zero-order valence-electron chi connectivity index (χ0n) is 14.0. The Morgan fingerprint density at radius 3 is 1.22 bits per heavy atom. The molecule has 0 fully saturated rings. The summed E-state index contributed by atoms with van der Waals surface area (Å²) in [7, 11) is 0. The van der Waals surface area contributed by atoms with Gasteiger partial charge in [0.05, 0.1) is 0 Å². The first-order chi connectivity index (χ1) is 8.33. The van der Waals surface area contributed by atoms with Gasteiger partial charge in [0.1, 0.15) is 0 Å². The van der Waals surface area contributed by atoms with Crippen molar-refractivity contribution in [2.75, 3.05) is 26.2 Å². The SMILES string of the molecule is CC(C)CN(CC(C)C)CC(C)C.CCCCN. The van der Waals surface area contributed by atoms with E-state index in [-0.39, 0.29) is 0 Å². The summed E-state index contributed by atoms with van der Waals surface area (Å²) in [6, 6.07) is 0. The Kier molecular flexibility index (Phi) is 15.0. The van der Waals surface area contributed by atoms with E-state index in [9.17, 15) is 0 Å². The Bertz CT molecular complexity index is 127. The summed E-state index contributed by atoms with van der Waals surface area (Å²) in [5, 5.41) is 0. The van der Waals surface area contributed by atoms with Crippen molar-refractivity contribution in [1.29, 1.82) is 0 Å². The predicted molar refractivity (Wildman–Crippen MR) is 84.9 cm³/mol. The molecule has 2 heteroatoms. The van der Waals surface area contributed by atoms with Crippen molar-refractivity contribution in [2.45, 2.75) is 61.3 Å². The second kappa shape index (κ2) is 13.4. The zero-order chi connectivity index (χ0) is 14.6. The van der Waals surface area contributed by atoms with Crippen LogP contribution in [0.4, 0.5) is 0 Å². The van der Waals surface area contributed by atoms with E-state index >= 15 is 0 Å². The molecule has 0 heterocycles. The number of hydrogen-bond acceptors (Lipinski definition) is 2. The topological polar surface area (TPSA) is 29.3 Å². The van der Waals surface area contributed by atoms with Gasteiger partial charge in [-0.25, -0.2) is 0 Å². The summed E-state index contributed by atoms with van der Waals surface area (Å²) < 4.78 is 0. The molecule has 112 valence electrons. The first-order valence-electron chi connectivity index (χ1n) is 7.75. The molecule has 0 unspecified atom stereocenters. The summed E-state index contributed by atoms with van der Waals surface area (Å²) >= 11 is 0. The molecule has 0 aromatic rings. The van der Waals surface area contributed by atoms with Crippen molar-refractivity contribution in [1.82, 2.24) is 4.90 Å². The Balaban J connectivity index is 0. The predicted octanol–water partition coefficient (Wildman–Crippen LogP) is 4.00. The molecule has 0 saturated carbocycles. The lowest BCUT2D eigenvalue weighted by Gasteiger charge is -2.27. The summed E-state index contributed by atoms with van der Waals surface area (Å²) in [4.78, 5) is 2.60. The largest absolute Gasteiger partial charge is 0.330 e.